The molecule has 0 aliphatic carbocycles. The topological polar surface area (TPSA) is 38.1 Å². The normalized spacial score (nSPS) is 13.8. The lowest BCUT2D eigenvalue weighted by molar-refractivity contribution is -0.130. The lowest BCUT2D eigenvalue weighted by atomic mass is 10.0. The Balaban J connectivity index is 1.43. The van der Waals surface area contributed by atoms with E-state index in [2.05, 4.69) is 59.2 Å². The van der Waals surface area contributed by atoms with E-state index in [0.717, 1.165) is 42.8 Å². The van der Waals surface area contributed by atoms with Crippen molar-refractivity contribution in [3.63, 3.8) is 0 Å². The van der Waals surface area contributed by atoms with Crippen LogP contribution >= 0.6 is 0 Å². The van der Waals surface area contributed by atoms with Crippen LogP contribution in [0.25, 0.3) is 22.2 Å². The highest BCUT2D eigenvalue weighted by Crippen LogP contribution is 2.23. The maximum absolute atomic E-state index is 12.8. The molecule has 0 radical (unpaired) electrons. The van der Waals surface area contributed by atoms with Gasteiger partial charge in [-0.1, -0.05) is 66.7 Å². The summed E-state index contributed by atoms with van der Waals surface area (Å²) in [6, 6.07) is 27.1. The third kappa shape index (κ3) is 3.73. The second-order valence-corrected chi connectivity index (χ2v) is 7.93. The zero-order valence-electron chi connectivity index (χ0n) is 17.0. The lowest BCUT2D eigenvalue weighted by Crippen LogP contribution is -2.31. The molecule has 0 saturated carbocycles. The number of hydrogen-bond acceptors (Lipinski definition) is 2. The van der Waals surface area contributed by atoms with Gasteiger partial charge in [0.2, 0.25) is 5.91 Å². The molecular formula is C26H25N3O. The number of fused-ring (bicyclic) bond motifs is 1. The number of imidazole rings is 1. The minimum Gasteiger partial charge on any atom is -0.341 e. The Morgan fingerprint density at radius 3 is 2.23 bits per heavy atom. The number of aromatic nitrogens is 2. The van der Waals surface area contributed by atoms with Crippen molar-refractivity contribution in [2.24, 2.45) is 0 Å². The molecule has 1 aliphatic heterocycles. The first-order chi connectivity index (χ1) is 14.8. The Labute approximate surface area is 176 Å². The van der Waals surface area contributed by atoms with Gasteiger partial charge in [0.05, 0.1) is 11.0 Å². The zero-order valence-corrected chi connectivity index (χ0v) is 17.0. The van der Waals surface area contributed by atoms with Crippen LogP contribution < -0.4 is 0 Å². The van der Waals surface area contributed by atoms with E-state index in [1.165, 1.54) is 16.7 Å². The van der Waals surface area contributed by atoms with Crippen LogP contribution in [0.3, 0.4) is 0 Å². The molecule has 4 nitrogen and oxygen atoms in total. The largest absolute Gasteiger partial charge is 0.341 e. The van der Waals surface area contributed by atoms with E-state index in [9.17, 15) is 4.79 Å². The van der Waals surface area contributed by atoms with Gasteiger partial charge in [0.1, 0.15) is 12.4 Å². The fourth-order valence-corrected chi connectivity index (χ4v) is 4.27. The summed E-state index contributed by atoms with van der Waals surface area (Å²) >= 11 is 0. The second kappa shape index (κ2) is 8.15. The van der Waals surface area contributed by atoms with Crippen molar-refractivity contribution < 1.29 is 4.79 Å². The van der Waals surface area contributed by atoms with Gasteiger partial charge in [-0.25, -0.2) is 4.98 Å². The molecule has 1 aromatic heterocycles. The molecule has 30 heavy (non-hydrogen) atoms. The summed E-state index contributed by atoms with van der Waals surface area (Å²) in [7, 11) is 0. The van der Waals surface area contributed by atoms with Crippen molar-refractivity contribution in [1.82, 2.24) is 14.5 Å². The third-order valence-electron chi connectivity index (χ3n) is 5.91. The van der Waals surface area contributed by atoms with Crippen LogP contribution in [-0.4, -0.2) is 33.4 Å². The maximum Gasteiger partial charge on any atom is 0.242 e. The lowest BCUT2D eigenvalue weighted by Gasteiger charge is -2.17. The average Bonchev–Trinajstić information content (AvgIpc) is 3.44. The molecule has 0 N–H and O–H groups in total. The van der Waals surface area contributed by atoms with Gasteiger partial charge in [-0.3, -0.25) is 4.79 Å². The summed E-state index contributed by atoms with van der Waals surface area (Å²) in [5.74, 6) is 1.13. The highest BCUT2D eigenvalue weighted by molar-refractivity contribution is 5.81. The number of rotatable bonds is 5. The molecule has 150 valence electrons. The predicted octanol–water partition coefficient (Wildman–Crippen LogP) is 4.92. The molecule has 3 aromatic carbocycles. The molecule has 0 unspecified atom stereocenters. The minimum atomic E-state index is 0.191. The highest BCUT2D eigenvalue weighted by Gasteiger charge is 2.21. The Hall–Kier alpha value is -3.40. The van der Waals surface area contributed by atoms with E-state index in [1.54, 1.807) is 0 Å². The van der Waals surface area contributed by atoms with Crippen molar-refractivity contribution in [3.8, 4) is 11.1 Å². The molecule has 4 heteroatoms. The quantitative estimate of drug-likeness (QED) is 0.481. The van der Waals surface area contributed by atoms with E-state index >= 15 is 0 Å². The number of carbonyl (C=O) groups excluding carboxylic acids is 1. The van der Waals surface area contributed by atoms with Gasteiger partial charge >= 0.3 is 0 Å². The van der Waals surface area contributed by atoms with Crippen molar-refractivity contribution in [3.05, 3.63) is 90.3 Å². The van der Waals surface area contributed by atoms with Gasteiger partial charge < -0.3 is 9.47 Å². The molecular weight excluding hydrogens is 370 g/mol. The summed E-state index contributed by atoms with van der Waals surface area (Å²) in [6.07, 6.45) is 2.92. The van der Waals surface area contributed by atoms with Gasteiger partial charge in [0, 0.05) is 19.5 Å². The molecule has 2 heterocycles. The van der Waals surface area contributed by atoms with Crippen LogP contribution in [0.5, 0.6) is 0 Å². The first-order valence-electron chi connectivity index (χ1n) is 10.6. The van der Waals surface area contributed by atoms with Crippen LogP contribution in [0, 0.1) is 0 Å². The van der Waals surface area contributed by atoms with Gasteiger partial charge in [0.15, 0.2) is 0 Å². The number of para-hydroxylation sites is 2. The van der Waals surface area contributed by atoms with Gasteiger partial charge in [-0.15, -0.1) is 0 Å². The molecule has 1 amide bonds. The number of amides is 1. The van der Waals surface area contributed by atoms with Crippen molar-refractivity contribution in [2.45, 2.75) is 25.8 Å². The van der Waals surface area contributed by atoms with Crippen LogP contribution in [0.4, 0.5) is 0 Å². The first kappa shape index (κ1) is 18.6. The molecule has 0 atom stereocenters. The van der Waals surface area contributed by atoms with Gasteiger partial charge in [0.25, 0.3) is 0 Å². The number of hydrogen-bond donors (Lipinski definition) is 0. The summed E-state index contributed by atoms with van der Waals surface area (Å²) in [4.78, 5) is 19.7. The molecule has 1 saturated heterocycles. The Bertz CT molecular complexity index is 1160. The SMILES string of the molecule is O=C(Cn1c(Cc2ccc(-c3ccccc3)cc2)nc2ccccc21)N1CCCC1. The van der Waals surface area contributed by atoms with Crippen LogP contribution in [0.2, 0.25) is 0 Å². The predicted molar refractivity (Wildman–Crippen MR) is 120 cm³/mol. The minimum absolute atomic E-state index is 0.191. The monoisotopic (exact) mass is 395 g/mol. The standard InChI is InChI=1S/C26H25N3O/c30-26(28-16-6-7-17-28)19-29-24-11-5-4-10-23(24)27-25(29)18-20-12-14-22(15-13-20)21-8-2-1-3-9-21/h1-5,8-15H,6-7,16-19H2. The van der Waals surface area contributed by atoms with Crippen molar-refractivity contribution in [2.75, 3.05) is 13.1 Å². The van der Waals surface area contributed by atoms with E-state index in [0.29, 0.717) is 13.0 Å². The fourth-order valence-electron chi connectivity index (χ4n) is 4.27. The fraction of sp³-hybridized carbons (Fsp3) is 0.231. The average molecular weight is 396 g/mol. The summed E-state index contributed by atoms with van der Waals surface area (Å²) in [6.45, 7) is 2.11. The van der Waals surface area contributed by atoms with Crippen LogP contribution in [0.15, 0.2) is 78.9 Å². The second-order valence-electron chi connectivity index (χ2n) is 7.93. The smallest absolute Gasteiger partial charge is 0.242 e. The highest BCUT2D eigenvalue weighted by atomic mass is 16.2. The van der Waals surface area contributed by atoms with Crippen LogP contribution in [-0.2, 0) is 17.8 Å². The molecule has 1 aliphatic rings. The van der Waals surface area contributed by atoms with Crippen molar-refractivity contribution in [1.29, 1.82) is 0 Å². The number of carbonyl (C=O) groups is 1. The van der Waals surface area contributed by atoms with E-state index < -0.39 is 0 Å². The molecule has 1 fully saturated rings. The van der Waals surface area contributed by atoms with Crippen LogP contribution in [0.1, 0.15) is 24.2 Å². The Kier molecular flexibility index (Phi) is 5.06. The van der Waals surface area contributed by atoms with E-state index in [4.69, 9.17) is 4.98 Å². The van der Waals surface area contributed by atoms with Gasteiger partial charge in [-0.05, 0) is 41.7 Å². The maximum atomic E-state index is 12.8. The summed E-state index contributed by atoms with van der Waals surface area (Å²) in [5, 5.41) is 0. The first-order valence-corrected chi connectivity index (χ1v) is 10.6. The van der Waals surface area contributed by atoms with Gasteiger partial charge in [-0.2, -0.15) is 0 Å². The van der Waals surface area contributed by atoms with E-state index in [-0.39, 0.29) is 5.91 Å². The number of nitrogens with zero attached hydrogens (tertiary/aromatic N) is 3. The Morgan fingerprint density at radius 2 is 1.47 bits per heavy atom. The molecule has 0 bridgehead atoms. The Morgan fingerprint density at radius 1 is 0.800 bits per heavy atom. The number of benzene rings is 3. The third-order valence-corrected chi connectivity index (χ3v) is 5.91. The zero-order chi connectivity index (χ0) is 20.3. The van der Waals surface area contributed by atoms with E-state index in [1.807, 2.05) is 29.2 Å². The molecule has 5 rings (SSSR count). The molecule has 0 spiro atoms. The molecule has 4 aromatic rings. The summed E-state index contributed by atoms with van der Waals surface area (Å²) in [5.41, 5.74) is 5.59. The summed E-state index contributed by atoms with van der Waals surface area (Å²) < 4.78 is 2.10. The van der Waals surface area contributed by atoms with Crippen molar-refractivity contribution >= 4 is 16.9 Å². The number of likely N-dealkylation sites (tertiary alicyclic amines) is 1.